The number of esters is 2. The van der Waals surface area contributed by atoms with E-state index in [0.717, 1.165) is 5.57 Å². The van der Waals surface area contributed by atoms with Gasteiger partial charge in [0.15, 0.2) is 5.60 Å². The Bertz CT molecular complexity index is 637. The van der Waals surface area contributed by atoms with Crippen LogP contribution in [0.5, 0.6) is 0 Å². The molecule has 0 radical (unpaired) electrons. The lowest BCUT2D eigenvalue weighted by molar-refractivity contribution is -0.168. The monoisotopic (exact) mass is 351 g/mol. The smallest absolute Gasteiger partial charge is 0.338 e. The highest BCUT2D eigenvalue weighted by Crippen LogP contribution is 2.33. The average molecular weight is 351 g/mol. The van der Waals surface area contributed by atoms with Crippen LogP contribution in [0.25, 0.3) is 0 Å². The number of rotatable bonds is 0. The first-order valence-electron chi connectivity index (χ1n) is 8.62. The Morgan fingerprint density at radius 3 is 2.80 bits per heavy atom. The highest BCUT2D eigenvalue weighted by Gasteiger charge is 2.48. The molecule has 3 aliphatic heterocycles. The van der Waals surface area contributed by atoms with Gasteiger partial charge in [0.1, 0.15) is 18.8 Å². The Hall–Kier alpha value is -1.70. The Balaban J connectivity index is 1.92. The number of hydrogen-bond acceptors (Lipinski definition) is 7. The minimum Gasteiger partial charge on any atom is -0.459 e. The zero-order valence-corrected chi connectivity index (χ0v) is 14.8. The standard InChI is InChI=1S/C18H25NO6/c1-4-11-7-10(2)18(3,23)17(22)24-9-12-5-6-19-8-13(25-16(11)21)15(20)14(12)19/h4-5,10,13-15,20,23H,6-9H2,1-3H3/b11-4+/t10-,13-,14-,15-,18-/m1/s1. The number of carbonyl (C=O) groups excluding carboxylic acids is 2. The van der Waals surface area contributed by atoms with Crippen molar-refractivity contribution in [1.82, 2.24) is 4.90 Å². The molecule has 0 unspecified atom stereocenters. The van der Waals surface area contributed by atoms with Gasteiger partial charge in [0, 0.05) is 18.7 Å². The van der Waals surface area contributed by atoms with Crippen LogP contribution in [0.3, 0.4) is 0 Å². The molecule has 0 aromatic rings. The maximum Gasteiger partial charge on any atom is 0.338 e. The van der Waals surface area contributed by atoms with Gasteiger partial charge in [-0.1, -0.05) is 19.1 Å². The molecule has 0 aromatic heterocycles. The van der Waals surface area contributed by atoms with E-state index in [9.17, 15) is 19.8 Å². The summed E-state index contributed by atoms with van der Waals surface area (Å²) in [5.74, 6) is -1.78. The molecule has 3 rings (SSSR count). The van der Waals surface area contributed by atoms with Crippen LogP contribution in [-0.4, -0.2) is 70.6 Å². The van der Waals surface area contributed by atoms with Crippen molar-refractivity contribution >= 4 is 11.9 Å². The van der Waals surface area contributed by atoms with Gasteiger partial charge in [-0.3, -0.25) is 4.90 Å². The second kappa shape index (κ2) is 6.55. The van der Waals surface area contributed by atoms with Crippen molar-refractivity contribution in [3.8, 4) is 0 Å². The van der Waals surface area contributed by atoms with E-state index in [1.165, 1.54) is 6.92 Å². The molecule has 0 aromatic carbocycles. The third-order valence-electron chi connectivity index (χ3n) is 5.62. The summed E-state index contributed by atoms with van der Waals surface area (Å²) >= 11 is 0. The Morgan fingerprint density at radius 2 is 2.12 bits per heavy atom. The summed E-state index contributed by atoms with van der Waals surface area (Å²) in [7, 11) is 0. The van der Waals surface area contributed by atoms with Crippen LogP contribution in [-0.2, 0) is 19.1 Å². The van der Waals surface area contributed by atoms with E-state index in [-0.39, 0.29) is 19.1 Å². The largest absolute Gasteiger partial charge is 0.459 e. The van der Waals surface area contributed by atoms with Gasteiger partial charge in [0.25, 0.3) is 0 Å². The van der Waals surface area contributed by atoms with Crippen LogP contribution in [0.15, 0.2) is 23.3 Å². The van der Waals surface area contributed by atoms with Crippen molar-refractivity contribution < 1.29 is 29.3 Å². The van der Waals surface area contributed by atoms with Crippen molar-refractivity contribution in [1.29, 1.82) is 0 Å². The van der Waals surface area contributed by atoms with Gasteiger partial charge >= 0.3 is 11.9 Å². The highest BCUT2D eigenvalue weighted by molar-refractivity contribution is 5.89. The summed E-state index contributed by atoms with van der Waals surface area (Å²) in [6, 6.07) is -0.331. The Labute approximate surface area is 146 Å². The second-order valence-electron chi connectivity index (χ2n) is 7.25. The summed E-state index contributed by atoms with van der Waals surface area (Å²) < 4.78 is 10.9. The van der Waals surface area contributed by atoms with Gasteiger partial charge in [0.05, 0.1) is 6.04 Å². The second-order valence-corrected chi connectivity index (χ2v) is 7.25. The van der Waals surface area contributed by atoms with Gasteiger partial charge in [-0.25, -0.2) is 9.59 Å². The maximum atomic E-state index is 12.5. The molecule has 138 valence electrons. The SMILES string of the molecule is C/C=C1\C[C@@H](C)[C@@](C)(O)C(=O)OCC2=CCN3C[C@@H](OC1=O)[C@@H](O)[C@@H]23. The summed E-state index contributed by atoms with van der Waals surface area (Å²) in [6.45, 7) is 5.85. The van der Waals surface area contributed by atoms with E-state index in [4.69, 9.17) is 9.47 Å². The van der Waals surface area contributed by atoms with Gasteiger partial charge in [-0.05, 0) is 31.8 Å². The molecular formula is C18H25NO6. The average Bonchev–Trinajstić information content (AvgIpc) is 3.09. The minimum absolute atomic E-state index is 0.0110. The van der Waals surface area contributed by atoms with E-state index in [1.807, 2.05) is 11.0 Å². The number of ether oxygens (including phenoxy) is 2. The fraction of sp³-hybridized carbons (Fsp3) is 0.667. The number of nitrogens with zero attached hydrogens (tertiary/aromatic N) is 1. The first-order valence-corrected chi connectivity index (χ1v) is 8.62. The van der Waals surface area contributed by atoms with Crippen LogP contribution >= 0.6 is 0 Å². The van der Waals surface area contributed by atoms with E-state index < -0.39 is 35.7 Å². The molecular weight excluding hydrogens is 326 g/mol. The van der Waals surface area contributed by atoms with Gasteiger partial charge in [-0.15, -0.1) is 0 Å². The summed E-state index contributed by atoms with van der Waals surface area (Å²) in [5, 5.41) is 21.2. The topological polar surface area (TPSA) is 96.3 Å². The predicted molar refractivity (Wildman–Crippen MR) is 88.5 cm³/mol. The van der Waals surface area contributed by atoms with E-state index in [0.29, 0.717) is 18.7 Å². The van der Waals surface area contributed by atoms with E-state index >= 15 is 0 Å². The van der Waals surface area contributed by atoms with Crippen LogP contribution < -0.4 is 0 Å². The third kappa shape index (κ3) is 3.12. The normalized spacial score (nSPS) is 41.5. The number of cyclic esters (lactones) is 1. The molecule has 7 heteroatoms. The fourth-order valence-electron chi connectivity index (χ4n) is 3.68. The molecule has 7 nitrogen and oxygen atoms in total. The van der Waals surface area contributed by atoms with Crippen molar-refractivity contribution in [2.75, 3.05) is 19.7 Å². The summed E-state index contributed by atoms with van der Waals surface area (Å²) in [4.78, 5) is 26.9. The zero-order chi connectivity index (χ0) is 18.4. The number of hydrogen-bond donors (Lipinski definition) is 2. The quantitative estimate of drug-likeness (QED) is 0.365. The molecule has 0 spiro atoms. The van der Waals surface area contributed by atoms with Gasteiger partial charge in [-0.2, -0.15) is 0 Å². The molecule has 0 saturated carbocycles. The molecule has 0 aliphatic carbocycles. The van der Waals surface area contributed by atoms with Crippen molar-refractivity contribution in [2.24, 2.45) is 5.92 Å². The van der Waals surface area contributed by atoms with Crippen LogP contribution in [0.4, 0.5) is 0 Å². The molecule has 2 saturated heterocycles. The van der Waals surface area contributed by atoms with Crippen LogP contribution in [0.1, 0.15) is 27.2 Å². The molecule has 2 fully saturated rings. The van der Waals surface area contributed by atoms with Crippen molar-refractivity contribution in [3.63, 3.8) is 0 Å². The Kier molecular flexibility index (Phi) is 4.74. The predicted octanol–water partition coefficient (Wildman–Crippen LogP) is 0.164. The van der Waals surface area contributed by atoms with Crippen molar-refractivity contribution in [2.45, 2.75) is 51.0 Å². The number of carbonyl (C=O) groups is 2. The summed E-state index contributed by atoms with van der Waals surface area (Å²) in [6.07, 6.45) is 2.22. The minimum atomic E-state index is -1.72. The number of allylic oxidation sites excluding steroid dienone is 1. The van der Waals surface area contributed by atoms with Crippen molar-refractivity contribution in [3.05, 3.63) is 23.3 Å². The number of aliphatic hydroxyl groups excluding tert-OH is 1. The lowest BCUT2D eigenvalue weighted by Crippen LogP contribution is -2.44. The van der Waals surface area contributed by atoms with Crippen LogP contribution in [0, 0.1) is 5.92 Å². The van der Waals surface area contributed by atoms with E-state index in [2.05, 4.69) is 0 Å². The first kappa shape index (κ1) is 18.1. The molecule has 3 heterocycles. The highest BCUT2D eigenvalue weighted by atomic mass is 16.6. The van der Waals surface area contributed by atoms with E-state index in [1.54, 1.807) is 19.9 Å². The lowest BCUT2D eigenvalue weighted by Gasteiger charge is -2.29. The molecule has 3 aliphatic rings. The van der Waals surface area contributed by atoms with Gasteiger partial charge < -0.3 is 19.7 Å². The molecule has 5 atom stereocenters. The molecule has 25 heavy (non-hydrogen) atoms. The number of aliphatic hydroxyl groups is 2. The Morgan fingerprint density at radius 1 is 1.40 bits per heavy atom. The number of fused-ring (bicyclic) bond motifs is 1. The molecule has 2 N–H and O–H groups in total. The van der Waals surface area contributed by atoms with Crippen LogP contribution in [0.2, 0.25) is 0 Å². The zero-order valence-electron chi connectivity index (χ0n) is 14.8. The molecule has 2 bridgehead atoms. The lowest BCUT2D eigenvalue weighted by atomic mass is 9.85. The third-order valence-corrected chi connectivity index (χ3v) is 5.62. The summed E-state index contributed by atoms with van der Waals surface area (Å²) in [5.41, 5.74) is -0.581. The maximum absolute atomic E-state index is 12.5. The fourth-order valence-corrected chi connectivity index (χ4v) is 3.68. The molecule has 0 amide bonds. The first-order chi connectivity index (χ1) is 11.8. The van der Waals surface area contributed by atoms with Gasteiger partial charge in [0.2, 0.25) is 0 Å².